The lowest BCUT2D eigenvalue weighted by Crippen LogP contribution is -2.61. The van der Waals surface area contributed by atoms with Crippen LogP contribution in [-0.4, -0.2) is 28.8 Å². The fourth-order valence-electron chi connectivity index (χ4n) is 6.18. The Hall–Kier alpha value is -1.23. The monoisotopic (exact) mass is 360 g/mol. The van der Waals surface area contributed by atoms with Crippen LogP contribution in [-0.2, 0) is 0 Å². The normalized spacial score (nSPS) is 39.0. The molecule has 1 unspecified atom stereocenters. The number of thioether (sulfide) groups is 1. The van der Waals surface area contributed by atoms with E-state index < -0.39 is 0 Å². The lowest BCUT2D eigenvalue weighted by Gasteiger charge is -2.57. The smallest absolute Gasteiger partial charge is 0.319 e. The molecule has 134 valence electrons. The van der Waals surface area contributed by atoms with E-state index in [4.69, 9.17) is 0 Å². The van der Waals surface area contributed by atoms with E-state index in [9.17, 15) is 9.18 Å². The molecule has 3 nitrogen and oxygen atoms in total. The van der Waals surface area contributed by atoms with Crippen molar-refractivity contribution in [3.63, 3.8) is 0 Å². The van der Waals surface area contributed by atoms with Crippen molar-refractivity contribution in [3.8, 4) is 0 Å². The predicted molar refractivity (Wildman–Crippen MR) is 97.7 cm³/mol. The molecule has 0 radical (unpaired) electrons. The minimum atomic E-state index is -0.230. The summed E-state index contributed by atoms with van der Waals surface area (Å²) in [7, 11) is 0. The van der Waals surface area contributed by atoms with Crippen molar-refractivity contribution in [2.45, 2.75) is 49.4 Å². The molecule has 1 heterocycles. The van der Waals surface area contributed by atoms with Gasteiger partial charge in [0.25, 0.3) is 0 Å². The van der Waals surface area contributed by atoms with Crippen LogP contribution in [0.1, 0.15) is 49.5 Å². The third kappa shape index (κ3) is 2.84. The molecule has 0 aromatic heterocycles. The van der Waals surface area contributed by atoms with Crippen LogP contribution in [0.2, 0.25) is 0 Å². The van der Waals surface area contributed by atoms with Crippen molar-refractivity contribution in [1.29, 1.82) is 0 Å². The maximum absolute atomic E-state index is 13.6. The van der Waals surface area contributed by atoms with Crippen molar-refractivity contribution < 1.29 is 9.18 Å². The molecule has 0 spiro atoms. The van der Waals surface area contributed by atoms with Gasteiger partial charge in [-0.1, -0.05) is 12.1 Å². The molecular formula is C20H25FN2OS. The highest BCUT2D eigenvalue weighted by Crippen LogP contribution is 2.55. The van der Waals surface area contributed by atoms with Gasteiger partial charge in [-0.2, -0.15) is 0 Å². The van der Waals surface area contributed by atoms with Gasteiger partial charge in [-0.25, -0.2) is 9.18 Å². The average molecular weight is 360 g/mol. The molecule has 1 aliphatic heterocycles. The Kier molecular flexibility index (Phi) is 3.77. The highest BCUT2D eigenvalue weighted by Gasteiger charge is 2.52. The Balaban J connectivity index is 1.34. The van der Waals surface area contributed by atoms with E-state index in [0.29, 0.717) is 0 Å². The fourth-order valence-corrected chi connectivity index (χ4v) is 7.42. The fraction of sp³-hybridized carbons (Fsp3) is 0.650. The molecule has 4 saturated carbocycles. The number of hydrogen-bond acceptors (Lipinski definition) is 2. The lowest BCUT2D eigenvalue weighted by atomic mass is 9.53. The average Bonchev–Trinajstić information content (AvgIpc) is 3.03. The number of nitrogens with zero attached hydrogens (tertiary/aromatic N) is 1. The predicted octanol–water partition coefficient (Wildman–Crippen LogP) is 4.55. The largest absolute Gasteiger partial charge is 0.332 e. The van der Waals surface area contributed by atoms with Crippen molar-refractivity contribution in [2.24, 2.45) is 17.8 Å². The quantitative estimate of drug-likeness (QED) is 0.839. The van der Waals surface area contributed by atoms with Crippen LogP contribution in [0.25, 0.3) is 0 Å². The van der Waals surface area contributed by atoms with Crippen LogP contribution < -0.4 is 5.32 Å². The summed E-state index contributed by atoms with van der Waals surface area (Å²) in [5.41, 5.74) is 0.925. The van der Waals surface area contributed by atoms with Gasteiger partial charge in [-0.05, 0) is 74.0 Å². The standard InChI is InChI=1S/C20H25FN2OS/c21-17-3-1-2-16(9-17)18-23(4-5-25-18)19(24)22-20-10-13-6-14(11-20)8-15(7-13)12-20/h1-3,9,13-15,18H,4-8,10-12H2,(H,22,24). The van der Waals surface area contributed by atoms with Gasteiger partial charge in [-0.15, -0.1) is 11.8 Å². The van der Waals surface area contributed by atoms with Crippen LogP contribution in [0.3, 0.4) is 0 Å². The number of rotatable bonds is 2. The molecule has 5 heteroatoms. The molecule has 1 aromatic carbocycles. The van der Waals surface area contributed by atoms with E-state index in [0.717, 1.165) is 54.9 Å². The molecule has 25 heavy (non-hydrogen) atoms. The molecule has 4 bridgehead atoms. The number of amides is 2. The summed E-state index contributed by atoms with van der Waals surface area (Å²) >= 11 is 1.73. The molecule has 6 rings (SSSR count). The second-order valence-corrected chi connectivity index (χ2v) is 9.79. The minimum Gasteiger partial charge on any atom is -0.332 e. The summed E-state index contributed by atoms with van der Waals surface area (Å²) in [5.74, 6) is 3.14. The van der Waals surface area contributed by atoms with Crippen molar-refractivity contribution in [3.05, 3.63) is 35.6 Å². The van der Waals surface area contributed by atoms with E-state index in [2.05, 4.69) is 5.32 Å². The summed E-state index contributed by atoms with van der Waals surface area (Å²) in [5, 5.41) is 3.40. The zero-order chi connectivity index (χ0) is 17.0. The van der Waals surface area contributed by atoms with Gasteiger partial charge >= 0.3 is 6.03 Å². The Bertz CT molecular complexity index is 659. The maximum atomic E-state index is 13.6. The first-order chi connectivity index (χ1) is 12.1. The van der Waals surface area contributed by atoms with E-state index in [1.54, 1.807) is 23.9 Å². The van der Waals surface area contributed by atoms with Crippen LogP contribution in [0.15, 0.2) is 24.3 Å². The highest BCUT2D eigenvalue weighted by atomic mass is 32.2. The summed E-state index contributed by atoms with van der Waals surface area (Å²) in [6.07, 6.45) is 7.62. The molecule has 1 saturated heterocycles. The number of carbonyl (C=O) groups is 1. The highest BCUT2D eigenvalue weighted by molar-refractivity contribution is 7.99. The number of benzene rings is 1. The summed E-state index contributed by atoms with van der Waals surface area (Å²) in [6, 6.07) is 6.74. The zero-order valence-corrected chi connectivity index (χ0v) is 15.2. The summed E-state index contributed by atoms with van der Waals surface area (Å²) in [6.45, 7) is 0.740. The molecule has 1 N–H and O–H groups in total. The second-order valence-electron chi connectivity index (χ2n) is 8.60. The maximum Gasteiger partial charge on any atom is 0.319 e. The number of hydrogen-bond donors (Lipinski definition) is 1. The van der Waals surface area contributed by atoms with Gasteiger partial charge < -0.3 is 10.2 Å². The first-order valence-corrected chi connectivity index (χ1v) is 10.6. The van der Waals surface area contributed by atoms with Crippen molar-refractivity contribution >= 4 is 17.8 Å². The van der Waals surface area contributed by atoms with Gasteiger partial charge in [0.1, 0.15) is 11.2 Å². The zero-order valence-electron chi connectivity index (χ0n) is 14.4. The van der Waals surface area contributed by atoms with Crippen LogP contribution in [0, 0.1) is 23.6 Å². The van der Waals surface area contributed by atoms with Gasteiger partial charge in [0.2, 0.25) is 0 Å². The molecule has 1 atom stereocenters. The topological polar surface area (TPSA) is 32.3 Å². The third-order valence-corrected chi connectivity index (χ3v) is 7.96. The van der Waals surface area contributed by atoms with E-state index in [1.165, 1.54) is 25.3 Å². The van der Waals surface area contributed by atoms with Crippen LogP contribution >= 0.6 is 11.8 Å². The Labute approximate surface area is 152 Å². The number of nitrogens with one attached hydrogen (secondary N) is 1. The Morgan fingerprint density at radius 2 is 1.84 bits per heavy atom. The molecule has 5 fully saturated rings. The minimum absolute atomic E-state index is 0.0333. The third-order valence-electron chi connectivity index (χ3n) is 6.70. The molecule has 2 amide bonds. The van der Waals surface area contributed by atoms with Crippen molar-refractivity contribution in [2.75, 3.05) is 12.3 Å². The Morgan fingerprint density at radius 3 is 2.48 bits per heavy atom. The van der Waals surface area contributed by atoms with Gasteiger partial charge in [-0.3, -0.25) is 0 Å². The number of urea groups is 1. The molecule has 4 aliphatic carbocycles. The van der Waals surface area contributed by atoms with Gasteiger partial charge in [0.15, 0.2) is 0 Å². The first-order valence-electron chi connectivity index (χ1n) is 9.56. The van der Waals surface area contributed by atoms with E-state index >= 15 is 0 Å². The van der Waals surface area contributed by atoms with E-state index in [-0.39, 0.29) is 22.8 Å². The van der Waals surface area contributed by atoms with Gasteiger partial charge in [0.05, 0.1) is 0 Å². The number of carbonyl (C=O) groups excluding carboxylic acids is 1. The molecular weight excluding hydrogens is 335 g/mol. The SMILES string of the molecule is O=C(NC12CC3CC(CC(C3)C1)C2)N1CCSC1c1cccc(F)c1. The molecule has 1 aromatic rings. The van der Waals surface area contributed by atoms with Crippen LogP contribution in [0.4, 0.5) is 9.18 Å². The second kappa shape index (κ2) is 5.90. The lowest BCUT2D eigenvalue weighted by molar-refractivity contribution is -0.0156. The Morgan fingerprint density at radius 1 is 1.16 bits per heavy atom. The van der Waals surface area contributed by atoms with Gasteiger partial charge in [0, 0.05) is 17.8 Å². The number of halogens is 1. The molecule has 5 aliphatic rings. The van der Waals surface area contributed by atoms with Crippen LogP contribution in [0.5, 0.6) is 0 Å². The summed E-state index contributed by atoms with van der Waals surface area (Å²) in [4.78, 5) is 15.0. The summed E-state index contributed by atoms with van der Waals surface area (Å²) < 4.78 is 13.6. The first kappa shape index (κ1) is 16.0. The van der Waals surface area contributed by atoms with E-state index in [1.807, 2.05) is 11.0 Å². The van der Waals surface area contributed by atoms with Crippen molar-refractivity contribution in [1.82, 2.24) is 10.2 Å².